The molecule has 3 amide bonds. The van der Waals surface area contributed by atoms with Crippen molar-refractivity contribution in [2.24, 2.45) is 0 Å². The van der Waals surface area contributed by atoms with Gasteiger partial charge in [0.25, 0.3) is 5.91 Å². The SMILES string of the molecule is Cc1ccc(NC(=O)CN(C)C(=O)CNC(=O)c2cccc(Br)c2)cc1. The molecule has 2 aromatic rings. The molecule has 7 heteroatoms. The van der Waals surface area contributed by atoms with Crippen molar-refractivity contribution < 1.29 is 14.4 Å². The van der Waals surface area contributed by atoms with Crippen LogP contribution in [0.25, 0.3) is 0 Å². The van der Waals surface area contributed by atoms with Crippen LogP contribution in [0.1, 0.15) is 15.9 Å². The third-order valence-electron chi connectivity index (χ3n) is 3.63. The first-order valence-corrected chi connectivity index (χ1v) is 8.78. The van der Waals surface area contributed by atoms with Crippen LogP contribution in [0.4, 0.5) is 5.69 Å². The molecule has 0 saturated carbocycles. The Morgan fingerprint density at radius 2 is 1.77 bits per heavy atom. The molecule has 0 fully saturated rings. The summed E-state index contributed by atoms with van der Waals surface area (Å²) in [5.41, 5.74) is 2.22. The van der Waals surface area contributed by atoms with E-state index in [0.29, 0.717) is 11.3 Å². The maximum atomic E-state index is 12.1. The highest BCUT2D eigenvalue weighted by molar-refractivity contribution is 9.10. The number of likely N-dealkylation sites (N-methyl/N-ethyl adjacent to an activating group) is 1. The Morgan fingerprint density at radius 1 is 1.08 bits per heavy atom. The number of halogens is 1. The van der Waals surface area contributed by atoms with Gasteiger partial charge in [-0.1, -0.05) is 39.7 Å². The van der Waals surface area contributed by atoms with Gasteiger partial charge in [0.1, 0.15) is 0 Å². The Balaban J connectivity index is 1.80. The Labute approximate surface area is 160 Å². The molecule has 0 radical (unpaired) electrons. The highest BCUT2D eigenvalue weighted by Gasteiger charge is 2.15. The Hall–Kier alpha value is -2.67. The van der Waals surface area contributed by atoms with E-state index in [1.54, 1.807) is 30.3 Å². The first-order chi connectivity index (χ1) is 12.3. The molecule has 0 aliphatic heterocycles. The standard InChI is InChI=1S/C19H20BrN3O3/c1-13-6-8-16(9-7-13)22-17(24)12-23(2)18(25)11-21-19(26)14-4-3-5-15(20)10-14/h3-10H,11-12H2,1-2H3,(H,21,26)(H,22,24). The first-order valence-electron chi connectivity index (χ1n) is 7.99. The van der Waals surface area contributed by atoms with E-state index in [1.807, 2.05) is 25.1 Å². The number of amides is 3. The molecule has 0 spiro atoms. The number of carbonyl (C=O) groups is 3. The van der Waals surface area contributed by atoms with Gasteiger partial charge in [0, 0.05) is 22.8 Å². The van der Waals surface area contributed by atoms with Crippen LogP contribution in [-0.2, 0) is 9.59 Å². The Morgan fingerprint density at radius 3 is 2.42 bits per heavy atom. The summed E-state index contributed by atoms with van der Waals surface area (Å²) in [5.74, 6) is -1.01. The van der Waals surface area contributed by atoms with Crippen LogP contribution < -0.4 is 10.6 Å². The predicted octanol–water partition coefficient (Wildman–Crippen LogP) is 2.58. The first kappa shape index (κ1) is 19.7. The van der Waals surface area contributed by atoms with Crippen molar-refractivity contribution in [3.8, 4) is 0 Å². The van der Waals surface area contributed by atoms with Gasteiger partial charge in [-0.25, -0.2) is 0 Å². The van der Waals surface area contributed by atoms with Gasteiger partial charge in [-0.3, -0.25) is 14.4 Å². The molecule has 0 aliphatic rings. The average Bonchev–Trinajstić information content (AvgIpc) is 2.61. The summed E-state index contributed by atoms with van der Waals surface area (Å²) in [6, 6.07) is 14.2. The summed E-state index contributed by atoms with van der Waals surface area (Å²) >= 11 is 3.29. The van der Waals surface area contributed by atoms with Gasteiger partial charge < -0.3 is 15.5 Å². The van der Waals surface area contributed by atoms with Crippen LogP contribution in [0.2, 0.25) is 0 Å². The van der Waals surface area contributed by atoms with E-state index in [0.717, 1.165) is 10.0 Å². The highest BCUT2D eigenvalue weighted by atomic mass is 79.9. The lowest BCUT2D eigenvalue weighted by molar-refractivity contribution is -0.132. The normalized spacial score (nSPS) is 10.1. The van der Waals surface area contributed by atoms with Gasteiger partial charge in [0.2, 0.25) is 11.8 Å². The van der Waals surface area contributed by atoms with Gasteiger partial charge in [0.15, 0.2) is 0 Å². The van der Waals surface area contributed by atoms with E-state index in [-0.39, 0.29) is 30.8 Å². The maximum Gasteiger partial charge on any atom is 0.251 e. The fourth-order valence-corrected chi connectivity index (χ4v) is 2.56. The lowest BCUT2D eigenvalue weighted by Gasteiger charge is -2.17. The van der Waals surface area contributed by atoms with E-state index in [2.05, 4.69) is 26.6 Å². The molecule has 136 valence electrons. The monoisotopic (exact) mass is 417 g/mol. The second kappa shape index (κ2) is 9.15. The van der Waals surface area contributed by atoms with Crippen LogP contribution in [0, 0.1) is 6.92 Å². The molecule has 0 saturated heterocycles. The van der Waals surface area contributed by atoms with E-state index < -0.39 is 0 Å². The molecule has 0 bridgehead atoms. The van der Waals surface area contributed by atoms with Crippen molar-refractivity contribution in [3.63, 3.8) is 0 Å². The molecule has 2 rings (SSSR count). The number of rotatable bonds is 6. The second-order valence-corrected chi connectivity index (χ2v) is 6.77. The molecule has 0 heterocycles. The van der Waals surface area contributed by atoms with Crippen molar-refractivity contribution >= 4 is 39.3 Å². The number of hydrogen-bond donors (Lipinski definition) is 2. The lowest BCUT2D eigenvalue weighted by atomic mass is 10.2. The number of aryl methyl sites for hydroxylation is 1. The average molecular weight is 418 g/mol. The van der Waals surface area contributed by atoms with Crippen molar-refractivity contribution in [3.05, 3.63) is 64.1 Å². The summed E-state index contributed by atoms with van der Waals surface area (Å²) in [5, 5.41) is 5.28. The lowest BCUT2D eigenvalue weighted by Crippen LogP contribution is -2.41. The van der Waals surface area contributed by atoms with E-state index in [9.17, 15) is 14.4 Å². The number of nitrogens with one attached hydrogen (secondary N) is 2. The molecule has 2 aromatic carbocycles. The molecular formula is C19H20BrN3O3. The highest BCUT2D eigenvalue weighted by Crippen LogP contribution is 2.11. The third kappa shape index (κ3) is 6.00. The minimum absolute atomic E-state index is 0.0978. The molecular weight excluding hydrogens is 398 g/mol. The quantitative estimate of drug-likeness (QED) is 0.757. The summed E-state index contributed by atoms with van der Waals surface area (Å²) in [7, 11) is 1.52. The molecule has 0 atom stereocenters. The van der Waals surface area contributed by atoms with Crippen LogP contribution in [0.15, 0.2) is 53.0 Å². The zero-order valence-corrected chi connectivity index (χ0v) is 16.2. The van der Waals surface area contributed by atoms with Gasteiger partial charge >= 0.3 is 0 Å². The summed E-state index contributed by atoms with van der Waals surface area (Å²) < 4.78 is 0.779. The van der Waals surface area contributed by atoms with Crippen LogP contribution in [0.5, 0.6) is 0 Å². The van der Waals surface area contributed by atoms with E-state index in [1.165, 1.54) is 11.9 Å². The number of nitrogens with zero attached hydrogens (tertiary/aromatic N) is 1. The maximum absolute atomic E-state index is 12.1. The minimum atomic E-state index is -0.354. The number of benzene rings is 2. The van der Waals surface area contributed by atoms with Crippen molar-refractivity contribution in [2.45, 2.75) is 6.92 Å². The Bertz CT molecular complexity index is 806. The molecule has 26 heavy (non-hydrogen) atoms. The summed E-state index contributed by atoms with van der Waals surface area (Å²) in [6.45, 7) is 1.68. The van der Waals surface area contributed by atoms with Crippen LogP contribution in [0.3, 0.4) is 0 Å². The molecule has 0 aromatic heterocycles. The largest absolute Gasteiger partial charge is 0.343 e. The van der Waals surface area contributed by atoms with Gasteiger partial charge in [-0.15, -0.1) is 0 Å². The second-order valence-electron chi connectivity index (χ2n) is 5.86. The minimum Gasteiger partial charge on any atom is -0.343 e. The fraction of sp³-hybridized carbons (Fsp3) is 0.211. The van der Waals surface area contributed by atoms with Crippen molar-refractivity contribution in [2.75, 3.05) is 25.5 Å². The van der Waals surface area contributed by atoms with Crippen LogP contribution >= 0.6 is 15.9 Å². The summed E-state index contributed by atoms with van der Waals surface area (Å²) in [6.07, 6.45) is 0. The van der Waals surface area contributed by atoms with E-state index in [4.69, 9.17) is 0 Å². The van der Waals surface area contributed by atoms with Gasteiger partial charge in [0.05, 0.1) is 13.1 Å². The number of anilines is 1. The fourth-order valence-electron chi connectivity index (χ4n) is 2.16. The van der Waals surface area contributed by atoms with Gasteiger partial charge in [-0.05, 0) is 37.3 Å². The summed E-state index contributed by atoms with van der Waals surface area (Å²) in [4.78, 5) is 37.4. The molecule has 6 nitrogen and oxygen atoms in total. The van der Waals surface area contributed by atoms with E-state index >= 15 is 0 Å². The van der Waals surface area contributed by atoms with Crippen molar-refractivity contribution in [1.82, 2.24) is 10.2 Å². The van der Waals surface area contributed by atoms with Crippen LogP contribution in [-0.4, -0.2) is 42.8 Å². The zero-order chi connectivity index (χ0) is 19.1. The molecule has 2 N–H and O–H groups in total. The smallest absolute Gasteiger partial charge is 0.251 e. The zero-order valence-electron chi connectivity index (χ0n) is 14.6. The molecule has 0 unspecified atom stereocenters. The number of hydrogen-bond acceptors (Lipinski definition) is 3. The third-order valence-corrected chi connectivity index (χ3v) is 4.12. The van der Waals surface area contributed by atoms with Gasteiger partial charge in [-0.2, -0.15) is 0 Å². The Kier molecular flexibility index (Phi) is 6.91. The van der Waals surface area contributed by atoms with Crippen molar-refractivity contribution in [1.29, 1.82) is 0 Å². The topological polar surface area (TPSA) is 78.5 Å². The molecule has 0 aliphatic carbocycles. The predicted molar refractivity (Wildman–Crippen MR) is 104 cm³/mol. The number of carbonyl (C=O) groups excluding carboxylic acids is 3.